The highest BCUT2D eigenvalue weighted by atomic mass is 16.3. The Morgan fingerprint density at radius 2 is 1.41 bits per heavy atom. The first-order valence-electron chi connectivity index (χ1n) is 9.66. The van der Waals surface area contributed by atoms with E-state index in [4.69, 9.17) is 0 Å². The first-order valence-corrected chi connectivity index (χ1v) is 9.66. The molecule has 0 aliphatic heterocycles. The van der Waals surface area contributed by atoms with Crippen molar-refractivity contribution in [3.05, 3.63) is 64.7 Å². The molecule has 0 saturated carbocycles. The summed E-state index contributed by atoms with van der Waals surface area (Å²) in [5.41, 5.74) is 3.76. The van der Waals surface area contributed by atoms with E-state index < -0.39 is 0 Å². The number of aromatic hydroxyl groups is 1. The number of rotatable bonds is 5. The van der Waals surface area contributed by atoms with Crippen LogP contribution in [-0.2, 0) is 28.6 Å². The third kappa shape index (κ3) is 5.85. The van der Waals surface area contributed by atoms with Gasteiger partial charge in [0.15, 0.2) is 0 Å². The molecule has 0 fully saturated rings. The number of phenols is 1. The molecular formula is C24H33NO2. The van der Waals surface area contributed by atoms with Crippen molar-refractivity contribution in [3.8, 4) is 5.75 Å². The fourth-order valence-corrected chi connectivity index (χ4v) is 3.12. The van der Waals surface area contributed by atoms with Crippen LogP contribution in [0, 0.1) is 0 Å². The monoisotopic (exact) mass is 367 g/mol. The molecule has 0 radical (unpaired) electrons. The molecule has 3 nitrogen and oxygen atoms in total. The number of phenolic OH excluding ortho intramolecular Hbond substituents is 1. The molecule has 146 valence electrons. The van der Waals surface area contributed by atoms with Crippen LogP contribution in [0.25, 0.3) is 0 Å². The van der Waals surface area contributed by atoms with Crippen LogP contribution < -0.4 is 5.32 Å². The summed E-state index contributed by atoms with van der Waals surface area (Å²) in [6.45, 7) is 13.2. The Morgan fingerprint density at radius 3 is 1.89 bits per heavy atom. The Kier molecular flexibility index (Phi) is 6.35. The molecule has 2 N–H and O–H groups in total. The van der Waals surface area contributed by atoms with Gasteiger partial charge in [0.25, 0.3) is 0 Å². The topological polar surface area (TPSA) is 49.3 Å². The number of hydrogen-bond donors (Lipinski definition) is 2. The zero-order valence-corrected chi connectivity index (χ0v) is 17.5. The van der Waals surface area contributed by atoms with Gasteiger partial charge in [-0.15, -0.1) is 0 Å². The molecule has 0 aromatic heterocycles. The van der Waals surface area contributed by atoms with E-state index >= 15 is 0 Å². The van der Waals surface area contributed by atoms with E-state index in [1.807, 2.05) is 30.3 Å². The van der Waals surface area contributed by atoms with E-state index in [2.05, 4.69) is 59.0 Å². The SMILES string of the molecule is CC(C)(C)c1cc(CCC(=O)NCc2ccccc2)cc(C(C)(C)C)c1O. The average Bonchev–Trinajstić information content (AvgIpc) is 2.58. The lowest BCUT2D eigenvalue weighted by molar-refractivity contribution is -0.121. The second kappa shape index (κ2) is 8.16. The molecule has 27 heavy (non-hydrogen) atoms. The zero-order valence-electron chi connectivity index (χ0n) is 17.5. The molecule has 0 saturated heterocycles. The van der Waals surface area contributed by atoms with Crippen LogP contribution in [-0.4, -0.2) is 11.0 Å². The molecule has 2 aromatic carbocycles. The molecule has 2 aromatic rings. The Balaban J connectivity index is 2.12. The maximum Gasteiger partial charge on any atom is 0.220 e. The second-order valence-electron chi connectivity index (χ2n) is 9.30. The van der Waals surface area contributed by atoms with Gasteiger partial charge >= 0.3 is 0 Å². The summed E-state index contributed by atoms with van der Waals surface area (Å²) >= 11 is 0. The Hall–Kier alpha value is -2.29. The molecule has 0 spiro atoms. The number of carbonyl (C=O) groups excluding carboxylic acids is 1. The van der Waals surface area contributed by atoms with Crippen molar-refractivity contribution >= 4 is 5.91 Å². The van der Waals surface area contributed by atoms with E-state index in [9.17, 15) is 9.90 Å². The van der Waals surface area contributed by atoms with E-state index in [1.54, 1.807) is 0 Å². The van der Waals surface area contributed by atoms with Gasteiger partial charge < -0.3 is 10.4 Å². The van der Waals surface area contributed by atoms with Crippen LogP contribution >= 0.6 is 0 Å². The molecule has 0 aliphatic rings. The van der Waals surface area contributed by atoms with Gasteiger partial charge in [0.1, 0.15) is 5.75 Å². The molecular weight excluding hydrogens is 334 g/mol. The van der Waals surface area contributed by atoms with Crippen molar-refractivity contribution in [1.82, 2.24) is 5.32 Å². The molecule has 0 unspecified atom stereocenters. The molecule has 0 heterocycles. The van der Waals surface area contributed by atoms with Gasteiger partial charge in [0.2, 0.25) is 5.91 Å². The lowest BCUT2D eigenvalue weighted by Gasteiger charge is -2.28. The van der Waals surface area contributed by atoms with Crippen molar-refractivity contribution in [3.63, 3.8) is 0 Å². The molecule has 0 bridgehead atoms. The van der Waals surface area contributed by atoms with E-state index in [0.29, 0.717) is 25.1 Å². The molecule has 3 heteroatoms. The fourth-order valence-electron chi connectivity index (χ4n) is 3.12. The highest BCUT2D eigenvalue weighted by Gasteiger charge is 2.26. The minimum Gasteiger partial charge on any atom is -0.507 e. The molecule has 2 rings (SSSR count). The normalized spacial score (nSPS) is 12.1. The summed E-state index contributed by atoms with van der Waals surface area (Å²) in [4.78, 5) is 12.3. The van der Waals surface area contributed by atoms with Crippen molar-refractivity contribution in [1.29, 1.82) is 0 Å². The third-order valence-corrected chi connectivity index (χ3v) is 4.76. The summed E-state index contributed by atoms with van der Waals surface area (Å²) in [6.07, 6.45) is 1.10. The van der Waals surface area contributed by atoms with Gasteiger partial charge in [-0.3, -0.25) is 4.79 Å². The van der Waals surface area contributed by atoms with Crippen LogP contribution in [0.1, 0.15) is 70.2 Å². The van der Waals surface area contributed by atoms with Crippen LogP contribution in [0.2, 0.25) is 0 Å². The number of nitrogens with one attached hydrogen (secondary N) is 1. The Morgan fingerprint density at radius 1 is 0.889 bits per heavy atom. The van der Waals surface area contributed by atoms with E-state index in [-0.39, 0.29) is 16.7 Å². The Labute approximate surface area is 163 Å². The van der Waals surface area contributed by atoms with Crippen LogP contribution in [0.4, 0.5) is 0 Å². The van der Waals surface area contributed by atoms with Crippen molar-refractivity contribution in [2.45, 2.75) is 71.8 Å². The zero-order chi connectivity index (χ0) is 20.2. The maximum atomic E-state index is 12.3. The first kappa shape index (κ1) is 21.0. The minimum atomic E-state index is -0.157. The minimum absolute atomic E-state index is 0.0431. The third-order valence-electron chi connectivity index (χ3n) is 4.76. The summed E-state index contributed by atoms with van der Waals surface area (Å²) in [5.74, 6) is 0.425. The molecule has 1 amide bonds. The van der Waals surface area contributed by atoms with Crippen LogP contribution in [0.5, 0.6) is 5.75 Å². The first-order chi connectivity index (χ1) is 12.5. The van der Waals surface area contributed by atoms with E-state index in [0.717, 1.165) is 22.3 Å². The average molecular weight is 368 g/mol. The summed E-state index contributed by atoms with van der Waals surface area (Å²) in [7, 11) is 0. The number of amides is 1. The lowest BCUT2D eigenvalue weighted by atomic mass is 9.78. The quantitative estimate of drug-likeness (QED) is 0.759. The summed E-state index contributed by atoms with van der Waals surface area (Å²) in [5, 5.41) is 13.8. The number of hydrogen-bond acceptors (Lipinski definition) is 2. The van der Waals surface area contributed by atoms with E-state index in [1.165, 1.54) is 0 Å². The lowest BCUT2D eigenvalue weighted by Crippen LogP contribution is -2.23. The smallest absolute Gasteiger partial charge is 0.220 e. The predicted molar refractivity (Wildman–Crippen MR) is 112 cm³/mol. The number of benzene rings is 2. The fraction of sp³-hybridized carbons (Fsp3) is 0.458. The largest absolute Gasteiger partial charge is 0.507 e. The molecule has 0 aliphatic carbocycles. The van der Waals surface area contributed by atoms with Gasteiger partial charge in [-0.25, -0.2) is 0 Å². The van der Waals surface area contributed by atoms with Gasteiger partial charge in [-0.05, 0) is 39.5 Å². The van der Waals surface area contributed by atoms with Gasteiger partial charge in [0, 0.05) is 13.0 Å². The number of aryl methyl sites for hydroxylation is 1. The van der Waals surface area contributed by atoms with Crippen LogP contribution in [0.15, 0.2) is 42.5 Å². The summed E-state index contributed by atoms with van der Waals surface area (Å²) in [6, 6.07) is 14.0. The Bertz CT molecular complexity index is 745. The maximum absolute atomic E-state index is 12.3. The van der Waals surface area contributed by atoms with Gasteiger partial charge in [-0.2, -0.15) is 0 Å². The second-order valence-corrected chi connectivity index (χ2v) is 9.30. The van der Waals surface area contributed by atoms with Crippen molar-refractivity contribution in [2.75, 3.05) is 0 Å². The van der Waals surface area contributed by atoms with Crippen molar-refractivity contribution < 1.29 is 9.90 Å². The highest BCUT2D eigenvalue weighted by molar-refractivity contribution is 5.76. The predicted octanol–water partition coefficient (Wildman–Crippen LogP) is 5.24. The highest BCUT2D eigenvalue weighted by Crippen LogP contribution is 2.39. The number of carbonyl (C=O) groups is 1. The van der Waals surface area contributed by atoms with Crippen molar-refractivity contribution in [2.24, 2.45) is 0 Å². The van der Waals surface area contributed by atoms with Gasteiger partial charge in [0.05, 0.1) is 0 Å². The molecule has 0 atom stereocenters. The summed E-state index contributed by atoms with van der Waals surface area (Å²) < 4.78 is 0. The standard InChI is InChI=1S/C24H33NO2/c1-23(2,3)19-14-18(15-20(22(19)27)24(4,5)6)12-13-21(26)25-16-17-10-8-7-9-11-17/h7-11,14-15,27H,12-13,16H2,1-6H3,(H,25,26). The van der Waals surface area contributed by atoms with Gasteiger partial charge in [-0.1, -0.05) is 84.0 Å². The van der Waals surface area contributed by atoms with Crippen LogP contribution in [0.3, 0.4) is 0 Å².